The Bertz CT molecular complexity index is 885. The Balaban J connectivity index is 1.71. The number of aromatic nitrogens is 3. The molecule has 0 aliphatic rings. The van der Waals surface area contributed by atoms with Crippen LogP contribution in [0.2, 0.25) is 0 Å². The van der Waals surface area contributed by atoms with Crippen LogP contribution >= 0.6 is 12.2 Å². The average Bonchev–Trinajstić information content (AvgIpc) is 3.00. The monoisotopic (exact) mass is 354 g/mol. The number of hydrogen-bond acceptors (Lipinski definition) is 5. The minimum Gasteiger partial charge on any atom is -0.494 e. The van der Waals surface area contributed by atoms with Crippen LogP contribution in [0.1, 0.15) is 18.3 Å². The molecule has 2 aromatic carbocycles. The summed E-state index contributed by atoms with van der Waals surface area (Å²) in [5.41, 5.74) is 0.932. The topological polar surface area (TPSA) is 64.4 Å². The molecule has 0 aliphatic heterocycles. The summed E-state index contributed by atoms with van der Waals surface area (Å²) in [4.78, 5) is 0. The summed E-state index contributed by atoms with van der Waals surface area (Å²) >= 11 is 5.23. The Morgan fingerprint density at radius 3 is 2.52 bits per heavy atom. The summed E-state index contributed by atoms with van der Waals surface area (Å²) in [6.07, 6.45) is 1.72. The number of nitrogens with one attached hydrogen (secondary N) is 1. The van der Waals surface area contributed by atoms with Crippen LogP contribution in [-0.4, -0.2) is 27.7 Å². The maximum Gasteiger partial charge on any atom is 0.216 e. The van der Waals surface area contributed by atoms with Gasteiger partial charge in [0.2, 0.25) is 4.77 Å². The van der Waals surface area contributed by atoms with Crippen molar-refractivity contribution in [3.05, 3.63) is 70.8 Å². The number of para-hydroxylation sites is 1. The van der Waals surface area contributed by atoms with Crippen molar-refractivity contribution in [2.75, 3.05) is 6.61 Å². The van der Waals surface area contributed by atoms with E-state index in [0.29, 0.717) is 17.2 Å². The molecular formula is C18H18N4O2S. The third kappa shape index (κ3) is 4.54. The highest BCUT2D eigenvalue weighted by molar-refractivity contribution is 7.71. The molecule has 3 rings (SSSR count). The van der Waals surface area contributed by atoms with Crippen molar-refractivity contribution in [1.82, 2.24) is 14.9 Å². The van der Waals surface area contributed by atoms with Crippen molar-refractivity contribution in [1.29, 1.82) is 0 Å². The Morgan fingerprint density at radius 2 is 1.80 bits per heavy atom. The number of benzene rings is 2. The molecule has 0 bridgehead atoms. The number of H-pyrrole nitrogens is 1. The molecule has 0 unspecified atom stereocenters. The normalized spacial score (nSPS) is 10.9. The molecule has 3 aromatic rings. The lowest BCUT2D eigenvalue weighted by Gasteiger charge is -2.05. The lowest BCUT2D eigenvalue weighted by molar-refractivity contribution is 0.290. The first kappa shape index (κ1) is 16.9. The van der Waals surface area contributed by atoms with Gasteiger partial charge in [-0.2, -0.15) is 14.9 Å². The van der Waals surface area contributed by atoms with Crippen LogP contribution in [0.3, 0.4) is 0 Å². The maximum absolute atomic E-state index is 5.70. The SMILES string of the molecule is CCOc1ccc(/C=N\n2c(COc3ccccc3)n[nH]c2=S)cc1. The minimum absolute atomic E-state index is 0.262. The Morgan fingerprint density at radius 1 is 1.08 bits per heavy atom. The van der Waals surface area contributed by atoms with E-state index in [1.54, 1.807) is 10.9 Å². The van der Waals surface area contributed by atoms with Gasteiger partial charge in [-0.3, -0.25) is 0 Å². The van der Waals surface area contributed by atoms with E-state index in [9.17, 15) is 0 Å². The fraction of sp³-hybridized carbons (Fsp3) is 0.167. The second-order valence-corrected chi connectivity index (χ2v) is 5.49. The minimum atomic E-state index is 0.262. The lowest BCUT2D eigenvalue weighted by Crippen LogP contribution is -2.04. The van der Waals surface area contributed by atoms with Gasteiger partial charge in [-0.15, -0.1) is 0 Å². The zero-order chi connectivity index (χ0) is 17.5. The van der Waals surface area contributed by atoms with Crippen LogP contribution in [0.25, 0.3) is 0 Å². The van der Waals surface area contributed by atoms with E-state index in [4.69, 9.17) is 21.7 Å². The molecule has 1 N–H and O–H groups in total. The van der Waals surface area contributed by atoms with Crippen molar-refractivity contribution in [3.63, 3.8) is 0 Å². The molecule has 7 heteroatoms. The molecule has 0 radical (unpaired) electrons. The summed E-state index contributed by atoms with van der Waals surface area (Å²) in [5.74, 6) is 2.19. The standard InChI is InChI=1S/C18H18N4O2S/c1-2-23-16-10-8-14(9-11-16)12-19-22-17(20-21-18(22)25)13-24-15-6-4-3-5-7-15/h3-12H,2,13H2,1H3,(H,21,25)/b19-12-. The van der Waals surface area contributed by atoms with Gasteiger partial charge in [0.15, 0.2) is 5.82 Å². The molecule has 0 spiro atoms. The first-order valence-corrected chi connectivity index (χ1v) is 8.28. The molecule has 1 aromatic heterocycles. The number of hydrogen-bond donors (Lipinski definition) is 1. The zero-order valence-corrected chi connectivity index (χ0v) is 14.6. The van der Waals surface area contributed by atoms with Crippen molar-refractivity contribution >= 4 is 18.4 Å². The second-order valence-electron chi connectivity index (χ2n) is 5.11. The Kier molecular flexibility index (Phi) is 5.58. The van der Waals surface area contributed by atoms with Crippen LogP contribution in [0, 0.1) is 4.77 Å². The second kappa shape index (κ2) is 8.25. The zero-order valence-electron chi connectivity index (χ0n) is 13.8. The summed E-state index contributed by atoms with van der Waals surface area (Å²) < 4.78 is 13.1. The molecule has 0 aliphatic carbocycles. The van der Waals surface area contributed by atoms with E-state index in [0.717, 1.165) is 17.1 Å². The Hall–Kier alpha value is -2.93. The average molecular weight is 354 g/mol. The van der Waals surface area contributed by atoms with Gasteiger partial charge in [0.1, 0.15) is 18.1 Å². The van der Waals surface area contributed by atoms with E-state index in [1.165, 1.54) is 0 Å². The highest BCUT2D eigenvalue weighted by Gasteiger charge is 2.06. The third-order valence-electron chi connectivity index (χ3n) is 3.34. The summed E-state index contributed by atoms with van der Waals surface area (Å²) in [5, 5.41) is 11.3. The van der Waals surface area contributed by atoms with E-state index >= 15 is 0 Å². The predicted molar refractivity (Wildman–Crippen MR) is 98.8 cm³/mol. The van der Waals surface area contributed by atoms with Crippen LogP contribution in [-0.2, 0) is 6.61 Å². The summed E-state index contributed by atoms with van der Waals surface area (Å²) in [6.45, 7) is 2.86. The van der Waals surface area contributed by atoms with Crippen molar-refractivity contribution in [3.8, 4) is 11.5 Å². The fourth-order valence-electron chi connectivity index (χ4n) is 2.14. The molecule has 6 nitrogen and oxygen atoms in total. The van der Waals surface area contributed by atoms with Gasteiger partial charge in [-0.05, 0) is 61.1 Å². The fourth-order valence-corrected chi connectivity index (χ4v) is 2.34. The van der Waals surface area contributed by atoms with Crippen LogP contribution < -0.4 is 9.47 Å². The molecular weight excluding hydrogens is 336 g/mol. The third-order valence-corrected chi connectivity index (χ3v) is 3.61. The van der Waals surface area contributed by atoms with Crippen molar-refractivity contribution in [2.45, 2.75) is 13.5 Å². The van der Waals surface area contributed by atoms with Gasteiger partial charge in [0.25, 0.3) is 0 Å². The largest absolute Gasteiger partial charge is 0.494 e. The molecule has 1 heterocycles. The van der Waals surface area contributed by atoms with Gasteiger partial charge in [-0.1, -0.05) is 18.2 Å². The maximum atomic E-state index is 5.70. The van der Waals surface area contributed by atoms with Crippen LogP contribution in [0.4, 0.5) is 0 Å². The van der Waals surface area contributed by atoms with Gasteiger partial charge < -0.3 is 9.47 Å². The van der Waals surface area contributed by atoms with Gasteiger partial charge in [0, 0.05) is 0 Å². The molecule has 0 fully saturated rings. The smallest absolute Gasteiger partial charge is 0.216 e. The number of aromatic amines is 1. The predicted octanol–water partition coefficient (Wildman–Crippen LogP) is 3.80. The van der Waals surface area contributed by atoms with Gasteiger partial charge in [0.05, 0.1) is 12.8 Å². The first-order valence-electron chi connectivity index (χ1n) is 7.87. The van der Waals surface area contributed by atoms with E-state index in [1.807, 2.05) is 61.5 Å². The van der Waals surface area contributed by atoms with E-state index < -0.39 is 0 Å². The van der Waals surface area contributed by atoms with Crippen LogP contribution in [0.15, 0.2) is 59.7 Å². The highest BCUT2D eigenvalue weighted by atomic mass is 32.1. The Labute approximate surface area is 150 Å². The molecule has 0 atom stereocenters. The quantitative estimate of drug-likeness (QED) is 0.518. The van der Waals surface area contributed by atoms with E-state index in [2.05, 4.69) is 15.3 Å². The van der Waals surface area contributed by atoms with Crippen molar-refractivity contribution < 1.29 is 9.47 Å². The summed E-state index contributed by atoms with van der Waals surface area (Å²) in [7, 11) is 0. The number of nitrogens with zero attached hydrogens (tertiary/aromatic N) is 3. The molecule has 0 saturated heterocycles. The van der Waals surface area contributed by atoms with Crippen molar-refractivity contribution in [2.24, 2.45) is 5.10 Å². The molecule has 25 heavy (non-hydrogen) atoms. The summed E-state index contributed by atoms with van der Waals surface area (Å²) in [6, 6.07) is 17.2. The van der Waals surface area contributed by atoms with E-state index in [-0.39, 0.29) is 6.61 Å². The number of ether oxygens (including phenoxy) is 2. The number of rotatable bonds is 7. The van der Waals surface area contributed by atoms with Gasteiger partial charge in [-0.25, -0.2) is 5.10 Å². The highest BCUT2D eigenvalue weighted by Crippen LogP contribution is 2.12. The van der Waals surface area contributed by atoms with Crippen LogP contribution in [0.5, 0.6) is 11.5 Å². The molecule has 0 amide bonds. The molecule has 128 valence electrons. The van der Waals surface area contributed by atoms with Gasteiger partial charge >= 0.3 is 0 Å². The molecule has 0 saturated carbocycles. The first-order chi connectivity index (χ1) is 12.3. The lowest BCUT2D eigenvalue weighted by atomic mass is 10.2.